The van der Waals surface area contributed by atoms with Crippen molar-refractivity contribution >= 4 is 33.5 Å². The number of aromatic nitrogens is 1. The Morgan fingerprint density at radius 3 is 2.88 bits per heavy atom. The number of pyridine rings is 1. The number of aryl methyl sites for hydroxylation is 2. The Bertz CT molecular complexity index is 804. The fourth-order valence-corrected chi connectivity index (χ4v) is 4.97. The minimum absolute atomic E-state index is 0.108. The molecular weight excluding hydrogens is 416 g/mol. The first-order valence-electron chi connectivity index (χ1n) is 8.91. The summed E-state index contributed by atoms with van der Waals surface area (Å²) in [6.07, 6.45) is 5.24. The Kier molecular flexibility index (Phi) is 5.04. The maximum absolute atomic E-state index is 11.5. The Balaban J connectivity index is 1.82. The molecule has 2 heterocycles. The van der Waals surface area contributed by atoms with Crippen LogP contribution in [-0.4, -0.2) is 28.6 Å². The molecule has 6 heteroatoms. The van der Waals surface area contributed by atoms with Gasteiger partial charge in [-0.2, -0.15) is 0 Å². The van der Waals surface area contributed by atoms with Gasteiger partial charge in [0.15, 0.2) is 0 Å². The lowest BCUT2D eigenvalue weighted by atomic mass is 9.75. The summed E-state index contributed by atoms with van der Waals surface area (Å²) in [5.41, 5.74) is 4.83. The number of rotatable bonds is 2. The maximum Gasteiger partial charge on any atom is 0.320 e. The summed E-state index contributed by atoms with van der Waals surface area (Å²) in [6, 6.07) is 7.76. The average Bonchev–Trinajstić information content (AvgIpc) is 2.78. The van der Waals surface area contributed by atoms with E-state index in [0.717, 1.165) is 34.5 Å². The zero-order valence-electron chi connectivity index (χ0n) is 14.2. The average molecular weight is 436 g/mol. The second kappa shape index (κ2) is 7.29. The van der Waals surface area contributed by atoms with Crippen molar-refractivity contribution in [2.45, 2.75) is 37.6 Å². The van der Waals surface area contributed by atoms with E-state index in [1.165, 1.54) is 16.7 Å². The molecule has 2 aliphatic rings. The summed E-state index contributed by atoms with van der Waals surface area (Å²) in [4.78, 5) is 16.3. The van der Waals surface area contributed by atoms with Crippen LogP contribution in [0.15, 0.2) is 34.9 Å². The van der Waals surface area contributed by atoms with E-state index in [0.29, 0.717) is 13.0 Å². The van der Waals surface area contributed by atoms with Crippen LogP contribution in [0.3, 0.4) is 0 Å². The normalized spacial score (nSPS) is 25.1. The molecule has 26 heavy (non-hydrogen) atoms. The molecule has 3 unspecified atom stereocenters. The monoisotopic (exact) mass is 434 g/mol. The summed E-state index contributed by atoms with van der Waals surface area (Å²) >= 11 is 9.79. The highest BCUT2D eigenvalue weighted by Gasteiger charge is 2.36. The van der Waals surface area contributed by atoms with Gasteiger partial charge < -0.3 is 10.4 Å². The first-order valence-corrected chi connectivity index (χ1v) is 10.1. The van der Waals surface area contributed by atoms with Crippen LogP contribution in [0.1, 0.15) is 41.1 Å². The van der Waals surface area contributed by atoms with E-state index in [9.17, 15) is 9.90 Å². The zero-order chi connectivity index (χ0) is 18.3. The molecule has 1 fully saturated rings. The van der Waals surface area contributed by atoms with E-state index in [1.807, 2.05) is 12.3 Å². The molecule has 2 aromatic rings. The van der Waals surface area contributed by atoms with Crippen molar-refractivity contribution in [2.75, 3.05) is 6.54 Å². The van der Waals surface area contributed by atoms with E-state index in [4.69, 9.17) is 16.6 Å². The SMILES string of the molecule is O=C(O)C1CC(C2c3ccc(Cl)cc3CCc3cc(Br)cnc32)CCN1. The maximum atomic E-state index is 11.5. The third-order valence-electron chi connectivity index (χ3n) is 5.58. The standard InChI is InChI=1S/C20H20BrClN2O2/c21-14-7-13-2-1-11-8-15(22)3-4-16(11)18(19(13)24-10-14)12-5-6-23-17(9-12)20(25)26/h3-4,7-8,10,12,17-18,23H,1-2,5-6,9H2,(H,25,26). The van der Waals surface area contributed by atoms with Gasteiger partial charge in [-0.15, -0.1) is 0 Å². The topological polar surface area (TPSA) is 62.2 Å². The largest absolute Gasteiger partial charge is 0.480 e. The van der Waals surface area contributed by atoms with Gasteiger partial charge in [0.05, 0.1) is 5.69 Å². The molecule has 2 N–H and O–H groups in total. The number of nitrogens with one attached hydrogen (secondary N) is 1. The molecule has 1 aliphatic heterocycles. The highest BCUT2D eigenvalue weighted by molar-refractivity contribution is 9.10. The van der Waals surface area contributed by atoms with Crippen LogP contribution in [0.5, 0.6) is 0 Å². The van der Waals surface area contributed by atoms with Gasteiger partial charge in [-0.05, 0) is 89.0 Å². The van der Waals surface area contributed by atoms with Gasteiger partial charge in [0.1, 0.15) is 6.04 Å². The molecule has 0 amide bonds. The van der Waals surface area contributed by atoms with Crippen LogP contribution >= 0.6 is 27.5 Å². The summed E-state index contributed by atoms with van der Waals surface area (Å²) in [5.74, 6) is -0.428. The van der Waals surface area contributed by atoms with Crippen LogP contribution in [0, 0.1) is 5.92 Å². The Morgan fingerprint density at radius 1 is 1.27 bits per heavy atom. The smallest absolute Gasteiger partial charge is 0.320 e. The van der Waals surface area contributed by atoms with Crippen molar-refractivity contribution in [2.24, 2.45) is 5.92 Å². The van der Waals surface area contributed by atoms with Crippen molar-refractivity contribution in [1.29, 1.82) is 0 Å². The van der Waals surface area contributed by atoms with Gasteiger partial charge in [0, 0.05) is 21.6 Å². The van der Waals surface area contributed by atoms with E-state index >= 15 is 0 Å². The van der Waals surface area contributed by atoms with Crippen LogP contribution in [0.25, 0.3) is 0 Å². The molecular formula is C20H20BrClN2O2. The number of carboxylic acid groups (broad SMARTS) is 1. The van der Waals surface area contributed by atoms with Gasteiger partial charge in [-0.25, -0.2) is 0 Å². The fourth-order valence-electron chi connectivity index (χ4n) is 4.40. The predicted octanol–water partition coefficient (Wildman–Crippen LogP) is 4.18. The summed E-state index contributed by atoms with van der Waals surface area (Å²) < 4.78 is 0.979. The third kappa shape index (κ3) is 3.40. The number of aliphatic carboxylic acids is 1. The molecule has 3 atom stereocenters. The van der Waals surface area contributed by atoms with Crippen molar-refractivity contribution in [3.63, 3.8) is 0 Å². The molecule has 1 saturated heterocycles. The van der Waals surface area contributed by atoms with Gasteiger partial charge in [-0.1, -0.05) is 17.7 Å². The van der Waals surface area contributed by atoms with Gasteiger partial charge in [0.2, 0.25) is 0 Å². The van der Waals surface area contributed by atoms with Gasteiger partial charge in [0.25, 0.3) is 0 Å². The number of hydrogen-bond acceptors (Lipinski definition) is 3. The summed E-state index contributed by atoms with van der Waals surface area (Å²) in [5, 5.41) is 13.3. The number of nitrogens with zero attached hydrogens (tertiary/aromatic N) is 1. The molecule has 4 nitrogen and oxygen atoms in total. The zero-order valence-corrected chi connectivity index (χ0v) is 16.6. The lowest BCUT2D eigenvalue weighted by molar-refractivity contribution is -0.140. The highest BCUT2D eigenvalue weighted by atomic mass is 79.9. The molecule has 1 aromatic heterocycles. The van der Waals surface area contributed by atoms with Gasteiger partial charge >= 0.3 is 5.97 Å². The second-order valence-corrected chi connectivity index (χ2v) is 8.50. The lowest BCUT2D eigenvalue weighted by Gasteiger charge is -2.34. The summed E-state index contributed by atoms with van der Waals surface area (Å²) in [7, 11) is 0. The van der Waals surface area contributed by atoms with E-state index in [1.54, 1.807) is 0 Å². The molecule has 1 aliphatic carbocycles. The third-order valence-corrected chi connectivity index (χ3v) is 6.25. The second-order valence-electron chi connectivity index (χ2n) is 7.15. The Morgan fingerprint density at radius 2 is 2.08 bits per heavy atom. The molecule has 1 aromatic carbocycles. The molecule has 0 radical (unpaired) electrons. The Labute approximate surface area is 166 Å². The van der Waals surface area contributed by atoms with E-state index < -0.39 is 12.0 Å². The number of halogens is 2. The quantitative estimate of drug-likeness (QED) is 0.743. The number of carbonyl (C=O) groups is 1. The predicted molar refractivity (Wildman–Crippen MR) is 105 cm³/mol. The minimum atomic E-state index is -0.774. The number of piperidine rings is 1. The van der Waals surface area contributed by atoms with E-state index in [-0.39, 0.29) is 11.8 Å². The molecule has 0 bridgehead atoms. The van der Waals surface area contributed by atoms with Gasteiger partial charge in [-0.3, -0.25) is 9.78 Å². The minimum Gasteiger partial charge on any atom is -0.480 e. The molecule has 0 spiro atoms. The lowest BCUT2D eigenvalue weighted by Crippen LogP contribution is -2.45. The van der Waals surface area contributed by atoms with Crippen molar-refractivity contribution < 1.29 is 9.90 Å². The number of hydrogen-bond donors (Lipinski definition) is 2. The van der Waals surface area contributed by atoms with Crippen LogP contribution in [-0.2, 0) is 17.6 Å². The first-order chi connectivity index (χ1) is 12.5. The number of benzene rings is 1. The molecule has 4 rings (SSSR count). The summed E-state index contributed by atoms with van der Waals surface area (Å²) in [6.45, 7) is 0.715. The molecule has 0 saturated carbocycles. The number of carboxylic acids is 1. The fraction of sp³-hybridized carbons (Fsp3) is 0.400. The van der Waals surface area contributed by atoms with Crippen LogP contribution < -0.4 is 5.32 Å². The van der Waals surface area contributed by atoms with Crippen molar-refractivity contribution in [3.8, 4) is 0 Å². The van der Waals surface area contributed by atoms with E-state index in [2.05, 4.69) is 39.4 Å². The first kappa shape index (κ1) is 18.0. The number of fused-ring (bicyclic) bond motifs is 2. The van der Waals surface area contributed by atoms with Crippen LogP contribution in [0.4, 0.5) is 0 Å². The molecule has 136 valence electrons. The van der Waals surface area contributed by atoms with Crippen LogP contribution in [0.2, 0.25) is 5.02 Å². The highest BCUT2D eigenvalue weighted by Crippen LogP contribution is 2.43. The van der Waals surface area contributed by atoms with Crippen molar-refractivity contribution in [1.82, 2.24) is 10.3 Å². The Hall–Kier alpha value is -1.43. The van der Waals surface area contributed by atoms with Crippen molar-refractivity contribution in [3.05, 3.63) is 62.3 Å².